The molecule has 0 saturated carbocycles. The van der Waals surface area contributed by atoms with Crippen LogP contribution in [-0.4, -0.2) is 52.7 Å². The highest BCUT2D eigenvalue weighted by molar-refractivity contribution is 7.99. The summed E-state index contributed by atoms with van der Waals surface area (Å²) in [6.07, 6.45) is 2.20. The molecule has 1 aromatic heterocycles. The molecule has 2 rings (SSSR count). The van der Waals surface area contributed by atoms with Crippen molar-refractivity contribution >= 4 is 17.7 Å². The Labute approximate surface area is 137 Å². The fraction of sp³-hybridized carbons (Fsp3) is 0.688. The van der Waals surface area contributed by atoms with E-state index in [0.29, 0.717) is 16.8 Å². The van der Waals surface area contributed by atoms with Crippen molar-refractivity contribution in [2.75, 3.05) is 31.9 Å². The van der Waals surface area contributed by atoms with Crippen molar-refractivity contribution in [1.29, 1.82) is 0 Å². The molecule has 0 atom stereocenters. The standard InChI is InChI=1S/C16H26N4OS/c1-4-17-10-14-5-7-20(8-6-14)15(21)11-22-16-18-12(2)9-13(3)19-16/h9,14,17H,4-8,10-11H2,1-3H3. The highest BCUT2D eigenvalue weighted by atomic mass is 32.2. The number of nitrogens with one attached hydrogen (secondary N) is 1. The van der Waals surface area contributed by atoms with Gasteiger partial charge in [0.15, 0.2) is 5.16 Å². The Hall–Kier alpha value is -1.14. The smallest absolute Gasteiger partial charge is 0.233 e. The largest absolute Gasteiger partial charge is 0.342 e. The van der Waals surface area contributed by atoms with Crippen LogP contribution in [0.1, 0.15) is 31.2 Å². The summed E-state index contributed by atoms with van der Waals surface area (Å²) in [5, 5.41) is 4.10. The first-order valence-corrected chi connectivity index (χ1v) is 9.00. The quantitative estimate of drug-likeness (QED) is 0.641. The summed E-state index contributed by atoms with van der Waals surface area (Å²) in [5.74, 6) is 1.34. The molecule has 0 bridgehead atoms. The minimum Gasteiger partial charge on any atom is -0.342 e. The number of thioether (sulfide) groups is 1. The number of carbonyl (C=O) groups excluding carboxylic acids is 1. The van der Waals surface area contributed by atoms with Gasteiger partial charge in [-0.25, -0.2) is 9.97 Å². The van der Waals surface area contributed by atoms with Gasteiger partial charge in [-0.15, -0.1) is 0 Å². The van der Waals surface area contributed by atoms with E-state index in [4.69, 9.17) is 0 Å². The number of carbonyl (C=O) groups is 1. The minimum atomic E-state index is 0.203. The summed E-state index contributed by atoms with van der Waals surface area (Å²) >= 11 is 1.44. The normalized spacial score (nSPS) is 16.0. The van der Waals surface area contributed by atoms with Crippen LogP contribution in [0.2, 0.25) is 0 Å². The maximum Gasteiger partial charge on any atom is 0.233 e. The molecule has 2 heterocycles. The Morgan fingerprint density at radius 3 is 2.55 bits per heavy atom. The molecule has 22 heavy (non-hydrogen) atoms. The fourth-order valence-electron chi connectivity index (χ4n) is 2.71. The van der Waals surface area contributed by atoms with E-state index in [1.807, 2.05) is 24.8 Å². The van der Waals surface area contributed by atoms with Crippen LogP contribution in [-0.2, 0) is 4.79 Å². The van der Waals surface area contributed by atoms with Crippen LogP contribution in [0.5, 0.6) is 0 Å². The molecule has 1 aliphatic rings. The fourth-order valence-corrected chi connectivity index (χ4v) is 3.56. The number of amides is 1. The van der Waals surface area contributed by atoms with Crippen LogP contribution in [0, 0.1) is 19.8 Å². The van der Waals surface area contributed by atoms with Crippen molar-refractivity contribution in [1.82, 2.24) is 20.2 Å². The molecule has 5 nitrogen and oxygen atoms in total. The predicted molar refractivity (Wildman–Crippen MR) is 90.1 cm³/mol. The van der Waals surface area contributed by atoms with Crippen LogP contribution in [0.3, 0.4) is 0 Å². The average Bonchev–Trinajstić information content (AvgIpc) is 2.50. The number of rotatable bonds is 6. The van der Waals surface area contributed by atoms with Gasteiger partial charge >= 0.3 is 0 Å². The molecule has 1 aromatic rings. The van der Waals surface area contributed by atoms with Gasteiger partial charge in [-0.2, -0.15) is 0 Å². The molecule has 1 N–H and O–H groups in total. The second kappa shape index (κ2) is 8.48. The van der Waals surface area contributed by atoms with Crippen molar-refractivity contribution in [3.05, 3.63) is 17.5 Å². The Kier molecular flexibility index (Phi) is 6.64. The monoisotopic (exact) mass is 322 g/mol. The van der Waals surface area contributed by atoms with Gasteiger partial charge in [0.25, 0.3) is 0 Å². The summed E-state index contributed by atoms with van der Waals surface area (Å²) in [6.45, 7) is 9.89. The van der Waals surface area contributed by atoms with E-state index < -0.39 is 0 Å². The predicted octanol–water partition coefficient (Wildman–Crippen LogP) is 2.03. The molecule has 0 spiro atoms. The summed E-state index contributed by atoms with van der Waals surface area (Å²) in [7, 11) is 0. The number of hydrogen-bond acceptors (Lipinski definition) is 5. The van der Waals surface area contributed by atoms with Gasteiger partial charge in [0.1, 0.15) is 0 Å². The van der Waals surface area contributed by atoms with E-state index in [1.165, 1.54) is 11.8 Å². The van der Waals surface area contributed by atoms with E-state index in [-0.39, 0.29) is 5.91 Å². The molecule has 6 heteroatoms. The molecular formula is C16H26N4OS. The number of nitrogens with zero attached hydrogens (tertiary/aromatic N) is 3. The first-order chi connectivity index (χ1) is 10.6. The van der Waals surface area contributed by atoms with E-state index in [0.717, 1.165) is 50.4 Å². The Morgan fingerprint density at radius 1 is 1.32 bits per heavy atom. The van der Waals surface area contributed by atoms with Crippen LogP contribution in [0.4, 0.5) is 0 Å². The molecule has 1 fully saturated rings. The molecule has 1 amide bonds. The first-order valence-electron chi connectivity index (χ1n) is 8.02. The molecule has 0 unspecified atom stereocenters. The molecule has 0 radical (unpaired) electrons. The average molecular weight is 322 g/mol. The van der Waals surface area contributed by atoms with Gasteiger partial charge in [-0.3, -0.25) is 4.79 Å². The second-order valence-electron chi connectivity index (χ2n) is 5.85. The van der Waals surface area contributed by atoms with Crippen molar-refractivity contribution in [3.63, 3.8) is 0 Å². The molecule has 122 valence electrons. The van der Waals surface area contributed by atoms with Crippen molar-refractivity contribution in [3.8, 4) is 0 Å². The summed E-state index contributed by atoms with van der Waals surface area (Å²) in [5.41, 5.74) is 1.90. The lowest BCUT2D eigenvalue weighted by Gasteiger charge is -2.32. The van der Waals surface area contributed by atoms with Crippen LogP contribution >= 0.6 is 11.8 Å². The summed E-state index contributed by atoms with van der Waals surface area (Å²) in [6, 6.07) is 1.95. The zero-order chi connectivity index (χ0) is 15.9. The maximum absolute atomic E-state index is 12.3. The van der Waals surface area contributed by atoms with Gasteiger partial charge in [-0.1, -0.05) is 18.7 Å². The number of piperidine rings is 1. The molecule has 1 saturated heterocycles. The van der Waals surface area contributed by atoms with Gasteiger partial charge in [0, 0.05) is 24.5 Å². The lowest BCUT2D eigenvalue weighted by Crippen LogP contribution is -2.41. The minimum absolute atomic E-state index is 0.203. The zero-order valence-corrected chi connectivity index (χ0v) is 14.6. The highest BCUT2D eigenvalue weighted by Crippen LogP contribution is 2.19. The summed E-state index contributed by atoms with van der Waals surface area (Å²) < 4.78 is 0. The van der Waals surface area contributed by atoms with E-state index in [1.54, 1.807) is 0 Å². The third-order valence-corrected chi connectivity index (χ3v) is 4.77. The van der Waals surface area contributed by atoms with Gasteiger partial charge in [-0.05, 0) is 51.8 Å². The van der Waals surface area contributed by atoms with Crippen LogP contribution in [0.25, 0.3) is 0 Å². The number of aromatic nitrogens is 2. The van der Waals surface area contributed by atoms with Gasteiger partial charge < -0.3 is 10.2 Å². The third-order valence-electron chi connectivity index (χ3n) is 3.94. The lowest BCUT2D eigenvalue weighted by atomic mass is 9.97. The topological polar surface area (TPSA) is 58.1 Å². The first kappa shape index (κ1) is 17.2. The maximum atomic E-state index is 12.3. The molecule has 1 aliphatic heterocycles. The Bertz CT molecular complexity index is 481. The molecule has 0 aliphatic carbocycles. The van der Waals surface area contributed by atoms with Crippen molar-refractivity contribution < 1.29 is 4.79 Å². The Morgan fingerprint density at radius 2 is 1.95 bits per heavy atom. The van der Waals surface area contributed by atoms with Crippen molar-refractivity contribution in [2.24, 2.45) is 5.92 Å². The highest BCUT2D eigenvalue weighted by Gasteiger charge is 2.22. The van der Waals surface area contributed by atoms with Gasteiger partial charge in [0.05, 0.1) is 5.75 Å². The SMILES string of the molecule is CCNCC1CCN(C(=O)CSc2nc(C)cc(C)n2)CC1. The van der Waals surface area contributed by atoms with Crippen molar-refractivity contribution in [2.45, 2.75) is 38.8 Å². The second-order valence-corrected chi connectivity index (χ2v) is 6.80. The third kappa shape index (κ3) is 5.25. The van der Waals surface area contributed by atoms with E-state index >= 15 is 0 Å². The Balaban J connectivity index is 1.76. The number of hydrogen-bond donors (Lipinski definition) is 1. The van der Waals surface area contributed by atoms with E-state index in [9.17, 15) is 4.79 Å². The molecule has 0 aromatic carbocycles. The van der Waals surface area contributed by atoms with Gasteiger partial charge in [0.2, 0.25) is 5.91 Å². The number of likely N-dealkylation sites (tertiary alicyclic amines) is 1. The van der Waals surface area contributed by atoms with Crippen LogP contribution < -0.4 is 5.32 Å². The lowest BCUT2D eigenvalue weighted by molar-refractivity contribution is -0.129. The summed E-state index contributed by atoms with van der Waals surface area (Å²) in [4.78, 5) is 23.0. The molecular weight excluding hydrogens is 296 g/mol. The number of aryl methyl sites for hydroxylation is 2. The zero-order valence-electron chi connectivity index (χ0n) is 13.8. The van der Waals surface area contributed by atoms with E-state index in [2.05, 4.69) is 22.2 Å². The van der Waals surface area contributed by atoms with Crippen LogP contribution in [0.15, 0.2) is 11.2 Å².